The Morgan fingerprint density at radius 2 is 1.81 bits per heavy atom. The number of aryl methyl sites for hydroxylation is 1. The molecule has 2 N–H and O–H groups in total. The molecule has 0 amide bonds. The minimum Gasteiger partial charge on any atom is -0.507 e. The Hall–Kier alpha value is -1.44. The summed E-state index contributed by atoms with van der Waals surface area (Å²) in [6.45, 7) is 8.70. The summed E-state index contributed by atoms with van der Waals surface area (Å²) in [6.07, 6.45) is 6.38. The molecule has 1 aliphatic carbocycles. The van der Waals surface area contributed by atoms with Gasteiger partial charge in [0.25, 0.3) is 0 Å². The molecule has 21 heavy (non-hydrogen) atoms. The van der Waals surface area contributed by atoms with Crippen molar-refractivity contribution in [2.24, 2.45) is 11.8 Å². The van der Waals surface area contributed by atoms with E-state index in [0.717, 1.165) is 31.2 Å². The lowest BCUT2D eigenvalue weighted by Crippen LogP contribution is -2.21. The molecular weight excluding hydrogens is 260 g/mol. The van der Waals surface area contributed by atoms with E-state index in [-0.39, 0.29) is 17.4 Å². The van der Waals surface area contributed by atoms with Crippen molar-refractivity contribution in [2.45, 2.75) is 59.3 Å². The molecule has 0 fully saturated rings. The van der Waals surface area contributed by atoms with Crippen LogP contribution in [0.2, 0.25) is 0 Å². The van der Waals surface area contributed by atoms with Gasteiger partial charge >= 0.3 is 0 Å². The highest BCUT2D eigenvalue weighted by Gasteiger charge is 2.31. The summed E-state index contributed by atoms with van der Waals surface area (Å²) >= 11 is 0. The summed E-state index contributed by atoms with van der Waals surface area (Å²) in [7, 11) is 0. The molecule has 2 nitrogen and oxygen atoms in total. The number of allylic oxidation sites excluding steroid dienone is 2. The van der Waals surface area contributed by atoms with Crippen molar-refractivity contribution < 1.29 is 10.2 Å². The topological polar surface area (TPSA) is 40.5 Å². The van der Waals surface area contributed by atoms with E-state index >= 15 is 0 Å². The molecular formula is C19H28O2. The lowest BCUT2D eigenvalue weighted by molar-refractivity contribution is 0.304. The number of phenolic OH excluding ortho intramolecular Hbond substituents is 2. The van der Waals surface area contributed by atoms with E-state index in [4.69, 9.17) is 0 Å². The smallest absolute Gasteiger partial charge is 0.123 e. The van der Waals surface area contributed by atoms with Gasteiger partial charge in [-0.05, 0) is 55.7 Å². The van der Waals surface area contributed by atoms with Crippen LogP contribution in [0.4, 0.5) is 0 Å². The zero-order valence-electron chi connectivity index (χ0n) is 13.7. The van der Waals surface area contributed by atoms with Crippen LogP contribution in [-0.2, 0) is 6.42 Å². The second-order valence-corrected chi connectivity index (χ2v) is 6.78. The third-order valence-corrected chi connectivity index (χ3v) is 4.72. The van der Waals surface area contributed by atoms with Crippen LogP contribution in [-0.4, -0.2) is 10.2 Å². The van der Waals surface area contributed by atoms with Gasteiger partial charge in [0.15, 0.2) is 0 Å². The Kier molecular flexibility index (Phi) is 4.97. The SMILES string of the molecule is CCCc1cc(O)c([C@H]2C=C(C)CC[C@@H]2C(C)C)c(O)c1. The molecule has 1 aromatic rings. The standard InChI is InChI=1S/C19H28O2/c1-5-6-14-10-17(20)19(18(21)11-14)16-9-13(4)7-8-15(16)12(2)3/h9-12,15-16,20-21H,5-8H2,1-4H3/t15-,16+/m1/s1. The fourth-order valence-electron chi connectivity index (χ4n) is 3.59. The fraction of sp³-hybridized carbons (Fsp3) is 0.579. The minimum absolute atomic E-state index is 0.120. The maximum absolute atomic E-state index is 10.4. The van der Waals surface area contributed by atoms with Crippen molar-refractivity contribution in [3.05, 3.63) is 34.9 Å². The maximum atomic E-state index is 10.4. The summed E-state index contributed by atoms with van der Waals surface area (Å²) in [4.78, 5) is 0. The second kappa shape index (κ2) is 6.55. The fourth-order valence-corrected chi connectivity index (χ4v) is 3.59. The summed E-state index contributed by atoms with van der Waals surface area (Å²) in [5.74, 6) is 1.63. The van der Waals surface area contributed by atoms with E-state index < -0.39 is 0 Å². The Morgan fingerprint density at radius 3 is 2.33 bits per heavy atom. The van der Waals surface area contributed by atoms with Gasteiger partial charge in [0.1, 0.15) is 11.5 Å². The lowest BCUT2D eigenvalue weighted by Gasteiger charge is -2.33. The number of benzene rings is 1. The van der Waals surface area contributed by atoms with E-state index in [1.807, 2.05) is 12.1 Å². The zero-order valence-corrected chi connectivity index (χ0v) is 13.7. The summed E-state index contributed by atoms with van der Waals surface area (Å²) in [5, 5.41) is 20.9. The molecule has 116 valence electrons. The quantitative estimate of drug-likeness (QED) is 0.752. The Balaban J connectivity index is 2.45. The van der Waals surface area contributed by atoms with Crippen LogP contribution in [0.3, 0.4) is 0 Å². The molecule has 2 rings (SSSR count). The molecule has 0 bridgehead atoms. The average Bonchev–Trinajstić information content (AvgIpc) is 2.38. The molecule has 0 aliphatic heterocycles. The van der Waals surface area contributed by atoms with E-state index in [1.54, 1.807) is 0 Å². The van der Waals surface area contributed by atoms with Gasteiger partial charge in [0, 0.05) is 11.5 Å². The van der Waals surface area contributed by atoms with Crippen LogP contribution in [0.25, 0.3) is 0 Å². The van der Waals surface area contributed by atoms with Crippen molar-refractivity contribution in [1.29, 1.82) is 0 Å². The predicted molar refractivity (Wildman–Crippen MR) is 87.8 cm³/mol. The predicted octanol–water partition coefficient (Wildman–Crippen LogP) is 5.15. The molecule has 0 saturated carbocycles. The normalized spacial score (nSPS) is 22.4. The Morgan fingerprint density at radius 1 is 1.19 bits per heavy atom. The molecule has 1 aliphatic rings. The maximum Gasteiger partial charge on any atom is 0.123 e. The van der Waals surface area contributed by atoms with Gasteiger partial charge in [0.05, 0.1) is 0 Å². The molecule has 0 unspecified atom stereocenters. The van der Waals surface area contributed by atoms with Crippen LogP contribution in [0.5, 0.6) is 11.5 Å². The first-order valence-corrected chi connectivity index (χ1v) is 8.16. The van der Waals surface area contributed by atoms with Crippen LogP contribution < -0.4 is 0 Å². The monoisotopic (exact) mass is 288 g/mol. The zero-order chi connectivity index (χ0) is 15.6. The third kappa shape index (κ3) is 3.42. The van der Waals surface area contributed by atoms with E-state index in [1.165, 1.54) is 5.57 Å². The van der Waals surface area contributed by atoms with Crippen LogP contribution in [0, 0.1) is 11.8 Å². The summed E-state index contributed by atoms with van der Waals surface area (Å²) in [5.41, 5.74) is 3.08. The molecule has 0 spiro atoms. The Bertz CT molecular complexity index is 505. The first kappa shape index (κ1) is 15.9. The molecule has 1 aromatic carbocycles. The third-order valence-electron chi connectivity index (χ3n) is 4.72. The van der Waals surface area contributed by atoms with E-state index in [2.05, 4.69) is 33.8 Å². The first-order chi connectivity index (χ1) is 9.93. The molecule has 0 radical (unpaired) electrons. The highest BCUT2D eigenvalue weighted by atomic mass is 16.3. The van der Waals surface area contributed by atoms with E-state index in [0.29, 0.717) is 17.4 Å². The molecule has 0 saturated heterocycles. The van der Waals surface area contributed by atoms with Crippen molar-refractivity contribution in [1.82, 2.24) is 0 Å². The van der Waals surface area contributed by atoms with Gasteiger partial charge in [-0.25, -0.2) is 0 Å². The van der Waals surface area contributed by atoms with Gasteiger partial charge in [-0.3, -0.25) is 0 Å². The van der Waals surface area contributed by atoms with E-state index in [9.17, 15) is 10.2 Å². The van der Waals surface area contributed by atoms with Crippen LogP contribution in [0.15, 0.2) is 23.8 Å². The first-order valence-electron chi connectivity index (χ1n) is 8.16. The van der Waals surface area contributed by atoms with Gasteiger partial charge in [-0.2, -0.15) is 0 Å². The van der Waals surface area contributed by atoms with Crippen LogP contribution in [0.1, 0.15) is 64.0 Å². The lowest BCUT2D eigenvalue weighted by atomic mass is 9.71. The number of hydrogen-bond donors (Lipinski definition) is 2. The summed E-state index contributed by atoms with van der Waals surface area (Å²) in [6, 6.07) is 3.65. The molecule has 0 heterocycles. The van der Waals surface area contributed by atoms with Crippen LogP contribution >= 0.6 is 0 Å². The molecule has 2 heteroatoms. The van der Waals surface area contributed by atoms with Crippen molar-refractivity contribution in [2.75, 3.05) is 0 Å². The van der Waals surface area contributed by atoms with Crippen molar-refractivity contribution in [3.63, 3.8) is 0 Å². The minimum atomic E-state index is 0.120. The molecule has 2 atom stereocenters. The average molecular weight is 288 g/mol. The van der Waals surface area contributed by atoms with Gasteiger partial charge < -0.3 is 10.2 Å². The van der Waals surface area contributed by atoms with Crippen molar-refractivity contribution >= 4 is 0 Å². The van der Waals surface area contributed by atoms with Crippen molar-refractivity contribution in [3.8, 4) is 11.5 Å². The molecule has 0 aromatic heterocycles. The second-order valence-electron chi connectivity index (χ2n) is 6.78. The van der Waals surface area contributed by atoms with Gasteiger partial charge in [-0.15, -0.1) is 0 Å². The number of rotatable bonds is 4. The van der Waals surface area contributed by atoms with Gasteiger partial charge in [0.2, 0.25) is 0 Å². The number of hydrogen-bond acceptors (Lipinski definition) is 2. The van der Waals surface area contributed by atoms with Gasteiger partial charge in [-0.1, -0.05) is 38.8 Å². The largest absolute Gasteiger partial charge is 0.507 e. The summed E-state index contributed by atoms with van der Waals surface area (Å²) < 4.78 is 0. The number of aromatic hydroxyl groups is 2. The Labute approximate surface area is 128 Å². The highest BCUT2D eigenvalue weighted by molar-refractivity contribution is 5.51. The number of phenols is 2. The highest BCUT2D eigenvalue weighted by Crippen LogP contribution is 2.46.